The highest BCUT2D eigenvalue weighted by Crippen LogP contribution is 2.49. The molecule has 0 saturated heterocycles. The van der Waals surface area contributed by atoms with Gasteiger partial charge in [-0.1, -0.05) is 0 Å². The average molecular weight is 452 g/mol. The van der Waals surface area contributed by atoms with Crippen molar-refractivity contribution in [3.63, 3.8) is 0 Å². The first-order chi connectivity index (χ1) is 15.0. The number of nitrogens with zero attached hydrogens (tertiary/aromatic N) is 4. The van der Waals surface area contributed by atoms with Crippen LogP contribution in [0.4, 0.5) is 29.6 Å². The molecular weight excluding hydrogens is 425 g/mol. The van der Waals surface area contributed by atoms with Gasteiger partial charge in [0.25, 0.3) is 0 Å². The maximum absolute atomic E-state index is 13.1. The van der Waals surface area contributed by atoms with Gasteiger partial charge in [0.15, 0.2) is 5.82 Å². The molecule has 4 rings (SSSR count). The van der Waals surface area contributed by atoms with E-state index >= 15 is 0 Å². The molecule has 0 aromatic carbocycles. The molecule has 0 aliphatic heterocycles. The van der Waals surface area contributed by atoms with Crippen LogP contribution in [0.25, 0.3) is 0 Å². The number of aromatic nitrogens is 4. The first-order valence-electron chi connectivity index (χ1n) is 10.7. The van der Waals surface area contributed by atoms with Gasteiger partial charge in [-0.2, -0.15) is 23.4 Å². The molecule has 32 heavy (non-hydrogen) atoms. The van der Waals surface area contributed by atoms with Crippen molar-refractivity contribution >= 4 is 17.7 Å². The lowest BCUT2D eigenvalue weighted by Gasteiger charge is -2.22. The largest absolute Gasteiger partial charge is 0.446 e. The Labute approximate surface area is 183 Å². The second-order valence-corrected chi connectivity index (χ2v) is 9.51. The van der Waals surface area contributed by atoms with E-state index in [1.807, 2.05) is 36.8 Å². The van der Waals surface area contributed by atoms with Crippen molar-refractivity contribution in [1.29, 1.82) is 0 Å². The van der Waals surface area contributed by atoms with Gasteiger partial charge in [-0.15, -0.1) is 5.10 Å². The highest BCUT2D eigenvalue weighted by Gasteiger charge is 2.64. The molecule has 0 radical (unpaired) electrons. The Kier molecular flexibility index (Phi) is 5.54. The number of carbonyl (C=O) groups excluding carboxylic acids is 1. The van der Waals surface area contributed by atoms with Crippen LogP contribution in [-0.4, -0.2) is 43.9 Å². The molecule has 0 spiro atoms. The molecule has 2 aromatic rings. The van der Waals surface area contributed by atoms with Crippen molar-refractivity contribution in [1.82, 2.24) is 25.3 Å². The number of ether oxygens (including phenoxy) is 1. The van der Waals surface area contributed by atoms with Crippen LogP contribution in [-0.2, 0) is 10.3 Å². The van der Waals surface area contributed by atoms with Crippen molar-refractivity contribution in [3.05, 3.63) is 30.1 Å². The van der Waals surface area contributed by atoms with E-state index in [1.165, 1.54) is 0 Å². The average Bonchev–Trinajstić information content (AvgIpc) is 3.14. The zero-order valence-corrected chi connectivity index (χ0v) is 18.2. The minimum Gasteiger partial charge on any atom is -0.446 e. The number of carbonyl (C=O) groups is 1. The van der Waals surface area contributed by atoms with Crippen molar-refractivity contribution < 1.29 is 22.7 Å². The van der Waals surface area contributed by atoms with E-state index in [0.717, 1.165) is 17.9 Å². The summed E-state index contributed by atoms with van der Waals surface area (Å²) in [7, 11) is 0. The zero-order valence-electron chi connectivity index (χ0n) is 18.2. The molecule has 2 fully saturated rings. The Morgan fingerprint density at radius 2 is 2.00 bits per heavy atom. The van der Waals surface area contributed by atoms with E-state index in [-0.39, 0.29) is 24.3 Å². The lowest BCUT2D eigenvalue weighted by Crippen LogP contribution is -2.48. The Morgan fingerprint density at radius 1 is 1.25 bits per heavy atom. The summed E-state index contributed by atoms with van der Waals surface area (Å²) in [6, 6.07) is 5.52. The van der Waals surface area contributed by atoms with Gasteiger partial charge >= 0.3 is 12.3 Å². The number of halogens is 3. The van der Waals surface area contributed by atoms with E-state index < -0.39 is 23.9 Å². The van der Waals surface area contributed by atoms with Gasteiger partial charge in [-0.05, 0) is 65.0 Å². The van der Waals surface area contributed by atoms with Crippen LogP contribution in [0.2, 0.25) is 0 Å². The summed E-state index contributed by atoms with van der Waals surface area (Å²) in [6.45, 7) is 6.10. The van der Waals surface area contributed by atoms with Crippen molar-refractivity contribution in [2.24, 2.45) is 0 Å². The molecule has 1 amide bonds. The van der Waals surface area contributed by atoms with Gasteiger partial charge in [0.2, 0.25) is 0 Å². The Bertz CT molecular complexity index is 966. The Hall–Kier alpha value is -2.85. The molecule has 2 atom stereocenters. The molecule has 174 valence electrons. The number of amides is 1. The van der Waals surface area contributed by atoms with Gasteiger partial charge in [-0.25, -0.2) is 9.48 Å². The molecule has 2 aliphatic carbocycles. The Morgan fingerprint density at radius 3 is 2.59 bits per heavy atom. The lowest BCUT2D eigenvalue weighted by molar-refractivity contribution is -0.164. The maximum Gasteiger partial charge on any atom is 0.411 e. The highest BCUT2D eigenvalue weighted by molar-refractivity contribution is 5.69. The van der Waals surface area contributed by atoms with Gasteiger partial charge in [0.05, 0.1) is 11.2 Å². The van der Waals surface area contributed by atoms with Crippen molar-refractivity contribution in [3.8, 4) is 0 Å². The normalized spacial score (nSPS) is 22.4. The van der Waals surface area contributed by atoms with Crippen molar-refractivity contribution in [2.45, 2.75) is 82.2 Å². The summed E-state index contributed by atoms with van der Waals surface area (Å²) < 4.78 is 46.3. The minimum absolute atomic E-state index is 0.0382. The van der Waals surface area contributed by atoms with E-state index in [1.54, 1.807) is 18.3 Å². The summed E-state index contributed by atoms with van der Waals surface area (Å²) in [5, 5.41) is 18.0. The third-order valence-corrected chi connectivity index (χ3v) is 5.90. The van der Waals surface area contributed by atoms with E-state index in [4.69, 9.17) is 9.84 Å². The number of rotatable bonds is 5. The van der Waals surface area contributed by atoms with Gasteiger partial charge in [0.1, 0.15) is 17.5 Å². The zero-order chi connectivity index (χ0) is 23.1. The second-order valence-electron chi connectivity index (χ2n) is 9.51. The number of hydrogen-bond donors (Lipinski definition) is 2. The smallest absolute Gasteiger partial charge is 0.411 e. The standard InChI is InChI=1S/C21H27F3N6O2/c1-19(2,3)30-17(26-16-5-4-10-25-28-16)12-15(29-30)13-6-7-14(11-13)32-18(31)27-20(8-9-20)21(22,23)24/h4-5,10,12-14H,6-9,11H2,1-3H3,(H,26,28)(H,27,31)/t13-,14+/m0/s1. The summed E-state index contributed by atoms with van der Waals surface area (Å²) in [5.74, 6) is 1.39. The van der Waals surface area contributed by atoms with Crippen LogP contribution in [0.15, 0.2) is 24.4 Å². The number of nitrogens with one attached hydrogen (secondary N) is 2. The molecule has 2 saturated carbocycles. The van der Waals surface area contributed by atoms with Crippen LogP contribution in [0.5, 0.6) is 0 Å². The fourth-order valence-corrected chi connectivity index (χ4v) is 4.00. The third kappa shape index (κ3) is 4.66. The highest BCUT2D eigenvalue weighted by atomic mass is 19.4. The quantitative estimate of drug-likeness (QED) is 0.687. The van der Waals surface area contributed by atoms with E-state index in [2.05, 4.69) is 15.5 Å². The predicted octanol–water partition coefficient (Wildman–Crippen LogP) is 4.63. The number of anilines is 2. The van der Waals surface area contributed by atoms with Crippen LogP contribution in [0, 0.1) is 0 Å². The minimum atomic E-state index is -4.46. The maximum atomic E-state index is 13.1. The summed E-state index contributed by atoms with van der Waals surface area (Å²) in [4.78, 5) is 12.1. The molecule has 2 N–H and O–H groups in total. The third-order valence-electron chi connectivity index (χ3n) is 5.90. The molecule has 2 heterocycles. The number of alkyl carbamates (subject to hydrolysis) is 1. The molecule has 0 unspecified atom stereocenters. The van der Waals surface area contributed by atoms with Crippen LogP contribution in [0.1, 0.15) is 64.5 Å². The van der Waals surface area contributed by atoms with Gasteiger partial charge < -0.3 is 15.4 Å². The van der Waals surface area contributed by atoms with Crippen LogP contribution >= 0.6 is 0 Å². The fraction of sp³-hybridized carbons (Fsp3) is 0.619. The molecule has 11 heteroatoms. The second kappa shape index (κ2) is 7.93. The number of alkyl halides is 3. The molecule has 2 aromatic heterocycles. The van der Waals surface area contributed by atoms with Crippen LogP contribution < -0.4 is 10.6 Å². The molecular formula is C21H27F3N6O2. The summed E-state index contributed by atoms with van der Waals surface area (Å²) >= 11 is 0. The van der Waals surface area contributed by atoms with E-state index in [9.17, 15) is 18.0 Å². The summed E-state index contributed by atoms with van der Waals surface area (Å²) in [5.41, 5.74) is -1.58. The number of hydrogen-bond acceptors (Lipinski definition) is 6. The van der Waals surface area contributed by atoms with E-state index in [0.29, 0.717) is 18.7 Å². The van der Waals surface area contributed by atoms with Gasteiger partial charge in [0, 0.05) is 18.2 Å². The molecule has 2 aliphatic rings. The van der Waals surface area contributed by atoms with Crippen molar-refractivity contribution in [2.75, 3.05) is 5.32 Å². The molecule has 8 nitrogen and oxygen atoms in total. The SMILES string of the molecule is CC(C)(C)n1nc([C@H]2CC[C@@H](OC(=O)NC3(C(F)(F)F)CC3)C2)cc1Nc1cccnn1. The predicted molar refractivity (Wildman–Crippen MR) is 111 cm³/mol. The summed E-state index contributed by atoms with van der Waals surface area (Å²) in [6.07, 6.45) is -2.72. The van der Waals surface area contributed by atoms with Gasteiger partial charge in [-0.3, -0.25) is 0 Å². The fourth-order valence-electron chi connectivity index (χ4n) is 4.00. The molecule has 0 bridgehead atoms. The monoisotopic (exact) mass is 452 g/mol. The Balaban J connectivity index is 1.42. The topological polar surface area (TPSA) is 94.0 Å². The lowest BCUT2D eigenvalue weighted by atomic mass is 10.0. The first kappa shape index (κ1) is 22.3. The van der Waals surface area contributed by atoms with Crippen LogP contribution in [0.3, 0.4) is 0 Å². The first-order valence-corrected chi connectivity index (χ1v) is 10.7.